The standard InChI is InChI=1S/C18H23ClN6O3/c1-20-17(27)14-15(23-9-22-14)18(28)24-11-4-2-10(3-5-11)16(26)25-13-6-7-21-8-12(13)19/h6-8,10-11,22-23H,2-5,9H2,1H3,(H,20,27)(H,24,28)(H,21,25,26). The summed E-state index contributed by atoms with van der Waals surface area (Å²) in [6.45, 7) is 0.329. The van der Waals surface area contributed by atoms with Gasteiger partial charge in [0.1, 0.15) is 11.4 Å². The summed E-state index contributed by atoms with van der Waals surface area (Å²) < 4.78 is 0. The molecular formula is C18H23ClN6O3. The number of aromatic nitrogens is 1. The van der Waals surface area contributed by atoms with E-state index < -0.39 is 0 Å². The molecule has 1 saturated carbocycles. The second kappa shape index (κ2) is 8.92. The summed E-state index contributed by atoms with van der Waals surface area (Å²) in [6, 6.07) is 1.62. The summed E-state index contributed by atoms with van der Waals surface area (Å²) in [5.74, 6) is -0.876. The van der Waals surface area contributed by atoms with Crippen LogP contribution in [0.3, 0.4) is 0 Å². The summed E-state index contributed by atoms with van der Waals surface area (Å²) in [7, 11) is 1.51. The highest BCUT2D eigenvalue weighted by Gasteiger charge is 2.30. The normalized spacial score (nSPS) is 21.4. The van der Waals surface area contributed by atoms with Gasteiger partial charge in [0.15, 0.2) is 0 Å². The second-order valence-electron chi connectivity index (χ2n) is 6.73. The first-order valence-corrected chi connectivity index (χ1v) is 9.52. The number of rotatable bonds is 5. The van der Waals surface area contributed by atoms with E-state index in [0.29, 0.717) is 43.1 Å². The van der Waals surface area contributed by atoms with E-state index >= 15 is 0 Å². The molecule has 1 aromatic heterocycles. The fraction of sp³-hybridized carbons (Fsp3) is 0.444. The van der Waals surface area contributed by atoms with Gasteiger partial charge in [-0.3, -0.25) is 19.4 Å². The molecule has 2 heterocycles. The van der Waals surface area contributed by atoms with Gasteiger partial charge in [-0.25, -0.2) is 0 Å². The zero-order valence-corrected chi connectivity index (χ0v) is 16.2. The monoisotopic (exact) mass is 406 g/mol. The maximum atomic E-state index is 12.5. The lowest BCUT2D eigenvalue weighted by molar-refractivity contribution is -0.121. The van der Waals surface area contributed by atoms with Gasteiger partial charge in [-0.05, 0) is 31.7 Å². The highest BCUT2D eigenvalue weighted by Crippen LogP contribution is 2.27. The van der Waals surface area contributed by atoms with E-state index in [1.807, 2.05) is 0 Å². The van der Waals surface area contributed by atoms with Gasteiger partial charge in [0, 0.05) is 31.4 Å². The first-order valence-electron chi connectivity index (χ1n) is 9.15. The average molecular weight is 407 g/mol. The molecule has 0 saturated heterocycles. The molecule has 1 aromatic rings. The number of hydrogen-bond donors (Lipinski definition) is 5. The van der Waals surface area contributed by atoms with Gasteiger partial charge >= 0.3 is 0 Å². The maximum Gasteiger partial charge on any atom is 0.269 e. The fourth-order valence-corrected chi connectivity index (χ4v) is 3.55. The van der Waals surface area contributed by atoms with Crippen molar-refractivity contribution in [1.82, 2.24) is 26.3 Å². The number of amides is 3. The zero-order valence-electron chi connectivity index (χ0n) is 15.5. The van der Waals surface area contributed by atoms with Crippen LogP contribution in [0.2, 0.25) is 5.02 Å². The Kier molecular flexibility index (Phi) is 6.35. The molecule has 0 atom stereocenters. The molecule has 10 heteroatoms. The van der Waals surface area contributed by atoms with Crippen LogP contribution in [0.4, 0.5) is 5.69 Å². The van der Waals surface area contributed by atoms with Gasteiger partial charge in [-0.2, -0.15) is 0 Å². The molecule has 0 unspecified atom stereocenters. The molecule has 0 aromatic carbocycles. The van der Waals surface area contributed by atoms with Crippen LogP contribution in [0.5, 0.6) is 0 Å². The van der Waals surface area contributed by atoms with Crippen LogP contribution in [0.15, 0.2) is 29.9 Å². The van der Waals surface area contributed by atoms with E-state index in [2.05, 4.69) is 31.6 Å². The Bertz CT molecular complexity index is 804. The molecule has 0 radical (unpaired) electrons. The molecule has 150 valence electrons. The Labute approximate surface area is 167 Å². The molecule has 3 amide bonds. The summed E-state index contributed by atoms with van der Waals surface area (Å²) in [5, 5.41) is 14.4. The predicted molar refractivity (Wildman–Crippen MR) is 104 cm³/mol. The van der Waals surface area contributed by atoms with Crippen molar-refractivity contribution in [2.24, 2.45) is 5.92 Å². The number of carbonyl (C=O) groups excluding carboxylic acids is 3. The van der Waals surface area contributed by atoms with E-state index in [-0.39, 0.29) is 41.1 Å². The van der Waals surface area contributed by atoms with Crippen LogP contribution >= 0.6 is 11.6 Å². The van der Waals surface area contributed by atoms with Gasteiger partial charge in [-0.15, -0.1) is 0 Å². The average Bonchev–Trinajstić information content (AvgIpc) is 3.19. The predicted octanol–water partition coefficient (Wildman–Crippen LogP) is 0.456. The molecule has 3 rings (SSSR count). The lowest BCUT2D eigenvalue weighted by atomic mass is 9.85. The smallest absolute Gasteiger partial charge is 0.269 e. The van der Waals surface area contributed by atoms with Crippen LogP contribution in [0.1, 0.15) is 25.7 Å². The number of halogens is 1. The van der Waals surface area contributed by atoms with Gasteiger partial charge in [0.25, 0.3) is 11.8 Å². The third-order valence-electron chi connectivity index (χ3n) is 4.93. The van der Waals surface area contributed by atoms with Crippen molar-refractivity contribution in [3.63, 3.8) is 0 Å². The topological polar surface area (TPSA) is 124 Å². The van der Waals surface area contributed by atoms with Crippen molar-refractivity contribution in [3.05, 3.63) is 34.9 Å². The summed E-state index contributed by atoms with van der Waals surface area (Å²) in [6.07, 6.45) is 5.74. The fourth-order valence-electron chi connectivity index (χ4n) is 3.38. The second-order valence-corrected chi connectivity index (χ2v) is 7.13. The van der Waals surface area contributed by atoms with Crippen LogP contribution in [-0.4, -0.2) is 42.5 Å². The van der Waals surface area contributed by atoms with Gasteiger partial charge in [0.2, 0.25) is 5.91 Å². The number of anilines is 1. The van der Waals surface area contributed by atoms with Crippen molar-refractivity contribution >= 4 is 35.0 Å². The third-order valence-corrected chi connectivity index (χ3v) is 5.23. The molecule has 5 N–H and O–H groups in total. The van der Waals surface area contributed by atoms with E-state index in [0.717, 1.165) is 0 Å². The molecule has 1 aliphatic heterocycles. The Hall–Kier alpha value is -2.81. The van der Waals surface area contributed by atoms with Crippen molar-refractivity contribution < 1.29 is 14.4 Å². The highest BCUT2D eigenvalue weighted by molar-refractivity contribution is 6.33. The Morgan fingerprint density at radius 2 is 1.79 bits per heavy atom. The molecule has 1 aliphatic carbocycles. The molecule has 1 fully saturated rings. The van der Waals surface area contributed by atoms with E-state index in [4.69, 9.17) is 11.6 Å². The first kappa shape index (κ1) is 19.9. The number of likely N-dealkylation sites (N-methyl/N-ethyl adjacent to an activating group) is 1. The highest BCUT2D eigenvalue weighted by atomic mass is 35.5. The lowest BCUT2D eigenvalue weighted by Crippen LogP contribution is -2.42. The quantitative estimate of drug-likeness (QED) is 0.484. The number of nitrogens with zero attached hydrogens (tertiary/aromatic N) is 1. The minimum Gasteiger partial charge on any atom is -0.362 e. The lowest BCUT2D eigenvalue weighted by Gasteiger charge is -2.28. The SMILES string of the molecule is CNC(=O)C1=C(C(=O)NC2CCC(C(=O)Nc3ccncc3Cl)CC2)NCN1. The molecule has 2 aliphatic rings. The summed E-state index contributed by atoms with van der Waals surface area (Å²) >= 11 is 6.03. The summed E-state index contributed by atoms with van der Waals surface area (Å²) in [4.78, 5) is 40.6. The number of hydrogen-bond acceptors (Lipinski definition) is 6. The Balaban J connectivity index is 1.51. The molecule has 0 spiro atoms. The Morgan fingerprint density at radius 1 is 1.11 bits per heavy atom. The molecule has 28 heavy (non-hydrogen) atoms. The third kappa shape index (κ3) is 4.53. The van der Waals surface area contributed by atoms with E-state index in [1.165, 1.54) is 13.2 Å². The number of carbonyl (C=O) groups is 3. The van der Waals surface area contributed by atoms with Crippen molar-refractivity contribution in [2.45, 2.75) is 31.7 Å². The van der Waals surface area contributed by atoms with Crippen LogP contribution in [0, 0.1) is 5.92 Å². The molecule has 0 bridgehead atoms. The zero-order chi connectivity index (χ0) is 20.1. The van der Waals surface area contributed by atoms with Crippen LogP contribution < -0.4 is 26.6 Å². The molecular weight excluding hydrogens is 384 g/mol. The van der Waals surface area contributed by atoms with Gasteiger partial charge < -0.3 is 26.6 Å². The Morgan fingerprint density at radius 3 is 2.43 bits per heavy atom. The van der Waals surface area contributed by atoms with Crippen LogP contribution in [-0.2, 0) is 14.4 Å². The minimum absolute atomic E-state index is 0.0399. The van der Waals surface area contributed by atoms with Gasteiger partial charge in [0.05, 0.1) is 17.4 Å². The number of nitrogens with one attached hydrogen (secondary N) is 5. The van der Waals surface area contributed by atoms with E-state index in [9.17, 15) is 14.4 Å². The van der Waals surface area contributed by atoms with Gasteiger partial charge in [-0.1, -0.05) is 11.6 Å². The summed E-state index contributed by atoms with van der Waals surface area (Å²) in [5.41, 5.74) is 1.03. The van der Waals surface area contributed by atoms with Crippen molar-refractivity contribution in [3.8, 4) is 0 Å². The van der Waals surface area contributed by atoms with Crippen molar-refractivity contribution in [1.29, 1.82) is 0 Å². The molecule has 9 nitrogen and oxygen atoms in total. The maximum absolute atomic E-state index is 12.5. The van der Waals surface area contributed by atoms with Crippen LogP contribution in [0.25, 0.3) is 0 Å². The minimum atomic E-state index is -0.342. The first-order chi connectivity index (χ1) is 13.5. The van der Waals surface area contributed by atoms with Crippen molar-refractivity contribution in [2.75, 3.05) is 19.0 Å². The number of pyridine rings is 1. The van der Waals surface area contributed by atoms with E-state index in [1.54, 1.807) is 12.3 Å². The largest absolute Gasteiger partial charge is 0.362 e.